The molecule has 4 nitrogen and oxygen atoms in total. The van der Waals surface area contributed by atoms with E-state index in [1.165, 1.54) is 6.42 Å². The second kappa shape index (κ2) is 6.25. The number of likely N-dealkylation sites (N-methyl/N-ethyl adjacent to an activating group) is 1. The van der Waals surface area contributed by atoms with Gasteiger partial charge in [0.1, 0.15) is 18.0 Å². The summed E-state index contributed by atoms with van der Waals surface area (Å²) in [5.74, 6) is -0.856. The average Bonchev–Trinajstić information content (AvgIpc) is 2.57. The molecule has 2 aliphatic rings. The molecule has 0 amide bonds. The molecule has 0 spiro atoms. The van der Waals surface area contributed by atoms with Crippen molar-refractivity contribution in [1.82, 2.24) is 0 Å². The van der Waals surface area contributed by atoms with E-state index in [9.17, 15) is 9.90 Å². The summed E-state index contributed by atoms with van der Waals surface area (Å²) in [5, 5.41) is 9.64. The lowest BCUT2D eigenvalue weighted by Gasteiger charge is -2.65. The SMILES string of the molecule is CC(C)[N+]1(C)C2CCCC1C2OC(=O)C(CO)c1ccccc1. The molecule has 23 heavy (non-hydrogen) atoms. The first kappa shape index (κ1) is 16.5. The maximum absolute atomic E-state index is 12.6. The van der Waals surface area contributed by atoms with Crippen molar-refractivity contribution in [2.24, 2.45) is 0 Å². The second-order valence-corrected chi connectivity index (χ2v) is 7.43. The van der Waals surface area contributed by atoms with Crippen LogP contribution in [0.1, 0.15) is 44.6 Å². The average molecular weight is 318 g/mol. The van der Waals surface area contributed by atoms with E-state index in [0.29, 0.717) is 18.1 Å². The smallest absolute Gasteiger partial charge is 0.316 e. The molecular weight excluding hydrogens is 290 g/mol. The number of aliphatic hydroxyl groups excluding tert-OH is 1. The fourth-order valence-corrected chi connectivity index (χ4v) is 4.60. The van der Waals surface area contributed by atoms with Crippen LogP contribution in [0.2, 0.25) is 0 Å². The van der Waals surface area contributed by atoms with E-state index in [1.807, 2.05) is 30.3 Å². The largest absolute Gasteiger partial charge is 0.449 e. The molecule has 3 atom stereocenters. The first-order valence-corrected chi connectivity index (χ1v) is 8.72. The lowest BCUT2D eigenvalue weighted by Crippen LogP contribution is -2.82. The first-order chi connectivity index (χ1) is 11.0. The van der Waals surface area contributed by atoms with Crippen molar-refractivity contribution in [1.29, 1.82) is 0 Å². The van der Waals surface area contributed by atoms with Gasteiger partial charge in [-0.2, -0.15) is 0 Å². The van der Waals surface area contributed by atoms with E-state index in [4.69, 9.17) is 4.74 Å². The van der Waals surface area contributed by atoms with Gasteiger partial charge in [-0.25, -0.2) is 0 Å². The molecule has 1 aromatic rings. The van der Waals surface area contributed by atoms with Crippen molar-refractivity contribution < 1.29 is 19.1 Å². The lowest BCUT2D eigenvalue weighted by atomic mass is 9.72. The van der Waals surface area contributed by atoms with Crippen LogP contribution in [0.5, 0.6) is 0 Å². The van der Waals surface area contributed by atoms with Crippen molar-refractivity contribution in [3.63, 3.8) is 0 Å². The number of benzene rings is 1. The molecule has 2 fully saturated rings. The molecule has 3 unspecified atom stereocenters. The van der Waals surface area contributed by atoms with Gasteiger partial charge in [0.15, 0.2) is 0 Å². The topological polar surface area (TPSA) is 46.5 Å². The molecule has 126 valence electrons. The Morgan fingerprint density at radius 3 is 2.39 bits per heavy atom. The van der Waals surface area contributed by atoms with Gasteiger partial charge in [-0.1, -0.05) is 30.3 Å². The number of quaternary nitrogens is 1. The van der Waals surface area contributed by atoms with Gasteiger partial charge >= 0.3 is 5.97 Å². The number of carbonyl (C=O) groups excluding carboxylic acids is 1. The van der Waals surface area contributed by atoms with Gasteiger partial charge < -0.3 is 14.3 Å². The van der Waals surface area contributed by atoms with E-state index in [1.54, 1.807) is 0 Å². The third kappa shape index (κ3) is 2.58. The number of nitrogens with zero attached hydrogens (tertiary/aromatic N) is 1. The summed E-state index contributed by atoms with van der Waals surface area (Å²) in [7, 11) is 2.30. The van der Waals surface area contributed by atoms with Gasteiger partial charge in [-0.05, 0) is 25.8 Å². The van der Waals surface area contributed by atoms with Crippen LogP contribution < -0.4 is 0 Å². The van der Waals surface area contributed by atoms with Crippen LogP contribution in [-0.4, -0.2) is 53.4 Å². The quantitative estimate of drug-likeness (QED) is 0.670. The summed E-state index contributed by atoms with van der Waals surface area (Å²) in [5.41, 5.74) is 0.825. The van der Waals surface area contributed by atoms with Crippen molar-refractivity contribution in [3.05, 3.63) is 35.9 Å². The van der Waals surface area contributed by atoms with Crippen LogP contribution >= 0.6 is 0 Å². The third-order valence-corrected chi connectivity index (χ3v) is 6.22. The van der Waals surface area contributed by atoms with E-state index in [0.717, 1.165) is 22.9 Å². The Morgan fingerprint density at radius 2 is 1.87 bits per heavy atom. The summed E-state index contributed by atoms with van der Waals surface area (Å²) < 4.78 is 6.91. The Hall–Kier alpha value is -1.39. The van der Waals surface area contributed by atoms with Crippen molar-refractivity contribution in [3.8, 4) is 0 Å². The van der Waals surface area contributed by atoms with Crippen LogP contribution in [0.25, 0.3) is 0 Å². The Balaban J connectivity index is 1.71. The number of piperidine rings is 1. The van der Waals surface area contributed by atoms with Gasteiger partial charge in [0, 0.05) is 12.8 Å². The minimum absolute atomic E-state index is 0.0152. The van der Waals surface area contributed by atoms with Crippen molar-refractivity contribution in [2.45, 2.75) is 63.3 Å². The summed E-state index contributed by atoms with van der Waals surface area (Å²) in [4.78, 5) is 12.6. The predicted molar refractivity (Wildman–Crippen MR) is 88.9 cm³/mol. The Kier molecular flexibility index (Phi) is 4.47. The zero-order valence-electron chi connectivity index (χ0n) is 14.3. The molecule has 1 N–H and O–H groups in total. The molecule has 2 aliphatic heterocycles. The van der Waals surface area contributed by atoms with Crippen LogP contribution in [0.3, 0.4) is 0 Å². The monoisotopic (exact) mass is 318 g/mol. The molecule has 2 heterocycles. The maximum atomic E-state index is 12.6. The highest BCUT2D eigenvalue weighted by molar-refractivity contribution is 5.78. The van der Waals surface area contributed by atoms with Crippen LogP contribution in [-0.2, 0) is 9.53 Å². The zero-order chi connectivity index (χ0) is 16.6. The maximum Gasteiger partial charge on any atom is 0.316 e. The molecule has 0 aliphatic carbocycles. The van der Waals surface area contributed by atoms with Gasteiger partial charge in [-0.15, -0.1) is 0 Å². The standard InChI is InChI=1S/C19H28NO3/c1-13(2)20(3)16-10-7-11-17(20)18(16)23-19(22)15(12-21)14-8-5-4-6-9-14/h4-6,8-9,13,15-18,21H,7,10-12H2,1-3H3/q+1. The number of rotatable bonds is 5. The summed E-state index contributed by atoms with van der Waals surface area (Å²) in [6, 6.07) is 10.8. The van der Waals surface area contributed by atoms with E-state index in [-0.39, 0.29) is 18.7 Å². The van der Waals surface area contributed by atoms with E-state index < -0.39 is 5.92 Å². The molecule has 0 radical (unpaired) electrons. The number of carbonyl (C=O) groups is 1. The molecule has 0 aromatic heterocycles. The van der Waals surface area contributed by atoms with Gasteiger partial charge in [-0.3, -0.25) is 4.79 Å². The number of fused-ring (bicyclic) bond motifs is 2. The Labute approximate surface area is 138 Å². The fourth-order valence-electron chi connectivity index (χ4n) is 4.60. The second-order valence-electron chi connectivity index (χ2n) is 7.43. The molecule has 3 rings (SSSR count). The van der Waals surface area contributed by atoms with Crippen molar-refractivity contribution in [2.75, 3.05) is 13.7 Å². The van der Waals surface area contributed by atoms with Crippen LogP contribution in [0, 0.1) is 0 Å². The molecule has 2 saturated heterocycles. The first-order valence-electron chi connectivity index (χ1n) is 8.72. The third-order valence-electron chi connectivity index (χ3n) is 6.22. The fraction of sp³-hybridized carbons (Fsp3) is 0.632. The molecule has 1 aromatic carbocycles. The van der Waals surface area contributed by atoms with Gasteiger partial charge in [0.2, 0.25) is 6.10 Å². The summed E-state index contributed by atoms with van der Waals surface area (Å²) in [6.07, 6.45) is 3.49. The van der Waals surface area contributed by atoms with Gasteiger partial charge in [0.25, 0.3) is 0 Å². The minimum Gasteiger partial charge on any atom is -0.449 e. The number of hydrogen-bond donors (Lipinski definition) is 1. The van der Waals surface area contributed by atoms with Crippen LogP contribution in [0.15, 0.2) is 30.3 Å². The zero-order valence-corrected chi connectivity index (χ0v) is 14.3. The number of esters is 1. The number of hydrogen-bond acceptors (Lipinski definition) is 3. The summed E-state index contributed by atoms with van der Waals surface area (Å²) >= 11 is 0. The highest BCUT2D eigenvalue weighted by atomic mass is 16.6. The van der Waals surface area contributed by atoms with Crippen LogP contribution in [0.4, 0.5) is 0 Å². The van der Waals surface area contributed by atoms with E-state index in [2.05, 4.69) is 20.9 Å². The Bertz CT molecular complexity index is 545. The Morgan fingerprint density at radius 1 is 1.26 bits per heavy atom. The molecular formula is C19H28NO3+. The predicted octanol–water partition coefficient (Wildman–Crippen LogP) is 2.46. The van der Waals surface area contributed by atoms with Gasteiger partial charge in [0.05, 0.1) is 19.7 Å². The molecule has 4 heteroatoms. The lowest BCUT2D eigenvalue weighted by molar-refractivity contribution is -1.03. The van der Waals surface area contributed by atoms with E-state index >= 15 is 0 Å². The number of aliphatic hydroxyl groups is 1. The normalized spacial score (nSPS) is 33.9. The highest BCUT2D eigenvalue weighted by Gasteiger charge is 2.65. The minimum atomic E-state index is -0.574. The highest BCUT2D eigenvalue weighted by Crippen LogP contribution is 2.48. The molecule has 2 bridgehead atoms. The van der Waals surface area contributed by atoms with Crippen molar-refractivity contribution >= 4 is 5.97 Å². The number of ether oxygens (including phenoxy) is 1. The molecule has 0 saturated carbocycles. The summed E-state index contributed by atoms with van der Waals surface area (Å²) in [6.45, 7) is 4.30.